The lowest BCUT2D eigenvalue weighted by Gasteiger charge is -2.15. The van der Waals surface area contributed by atoms with Crippen LogP contribution in [0.25, 0.3) is 0 Å². The molecule has 0 saturated heterocycles. The van der Waals surface area contributed by atoms with Crippen molar-refractivity contribution in [3.8, 4) is 0 Å². The van der Waals surface area contributed by atoms with E-state index in [2.05, 4.69) is 9.71 Å². The standard InChI is InChI=1S/C17H20N2O4S/c20-17(21)16(8-4-7-14-9-11-18-12-10-14)19-24(22,23)13-15-5-2-1-3-6-15/h1-3,5-6,9-12,16,19H,4,7-8,13H2,(H,20,21). The molecule has 1 unspecified atom stereocenters. The Morgan fingerprint density at radius 3 is 2.38 bits per heavy atom. The predicted molar refractivity (Wildman–Crippen MR) is 90.8 cm³/mol. The highest BCUT2D eigenvalue weighted by molar-refractivity contribution is 7.88. The van der Waals surface area contributed by atoms with Crippen molar-refractivity contribution in [2.24, 2.45) is 0 Å². The Kier molecular flexibility index (Phi) is 6.45. The Hall–Kier alpha value is -2.25. The molecule has 6 nitrogen and oxygen atoms in total. The first-order valence-corrected chi connectivity index (χ1v) is 9.27. The molecule has 0 fully saturated rings. The molecule has 24 heavy (non-hydrogen) atoms. The molecule has 0 saturated carbocycles. The molecule has 0 aliphatic rings. The second-order valence-corrected chi connectivity index (χ2v) is 7.25. The monoisotopic (exact) mass is 348 g/mol. The highest BCUT2D eigenvalue weighted by Gasteiger charge is 2.23. The second-order valence-electron chi connectivity index (χ2n) is 5.50. The number of carboxylic acids is 1. The number of aromatic nitrogens is 1. The molecule has 1 aromatic carbocycles. The lowest BCUT2D eigenvalue weighted by molar-refractivity contribution is -0.139. The summed E-state index contributed by atoms with van der Waals surface area (Å²) < 4.78 is 26.6. The molecule has 1 atom stereocenters. The van der Waals surface area contributed by atoms with Crippen molar-refractivity contribution in [1.29, 1.82) is 0 Å². The predicted octanol–water partition coefficient (Wildman–Crippen LogP) is 1.98. The van der Waals surface area contributed by atoms with Crippen molar-refractivity contribution in [3.05, 3.63) is 66.0 Å². The van der Waals surface area contributed by atoms with Gasteiger partial charge in [-0.2, -0.15) is 0 Å². The first-order valence-electron chi connectivity index (χ1n) is 7.62. The van der Waals surface area contributed by atoms with Gasteiger partial charge in [0.15, 0.2) is 0 Å². The fraction of sp³-hybridized carbons (Fsp3) is 0.294. The average molecular weight is 348 g/mol. The van der Waals surface area contributed by atoms with Crippen LogP contribution in [-0.4, -0.2) is 30.5 Å². The van der Waals surface area contributed by atoms with Crippen LogP contribution in [0.2, 0.25) is 0 Å². The Labute approximate surface area is 141 Å². The summed E-state index contributed by atoms with van der Waals surface area (Å²) in [5.41, 5.74) is 1.66. The molecule has 0 aliphatic heterocycles. The number of carboxylic acid groups (broad SMARTS) is 1. The minimum Gasteiger partial charge on any atom is -0.480 e. The number of nitrogens with one attached hydrogen (secondary N) is 1. The molecule has 2 rings (SSSR count). The minimum absolute atomic E-state index is 0.228. The van der Waals surface area contributed by atoms with Gasteiger partial charge in [0, 0.05) is 12.4 Å². The number of carbonyl (C=O) groups is 1. The maximum atomic E-state index is 12.2. The second kappa shape index (κ2) is 8.56. The van der Waals surface area contributed by atoms with Crippen LogP contribution in [0.4, 0.5) is 0 Å². The maximum absolute atomic E-state index is 12.2. The molecule has 2 aromatic rings. The summed E-state index contributed by atoms with van der Waals surface area (Å²) in [5, 5.41) is 9.26. The third kappa shape index (κ3) is 6.10. The fourth-order valence-corrected chi connectivity index (χ4v) is 3.71. The summed E-state index contributed by atoms with van der Waals surface area (Å²) in [6, 6.07) is 11.3. The van der Waals surface area contributed by atoms with Gasteiger partial charge in [-0.15, -0.1) is 0 Å². The van der Waals surface area contributed by atoms with E-state index in [0.717, 1.165) is 5.56 Å². The summed E-state index contributed by atoms with van der Waals surface area (Å²) in [6.45, 7) is 0. The van der Waals surface area contributed by atoms with Crippen LogP contribution in [-0.2, 0) is 27.0 Å². The smallest absolute Gasteiger partial charge is 0.321 e. The number of pyridine rings is 1. The number of aliphatic carboxylic acids is 1. The van der Waals surface area contributed by atoms with Gasteiger partial charge in [-0.1, -0.05) is 30.3 Å². The summed E-state index contributed by atoms with van der Waals surface area (Å²) >= 11 is 0. The quantitative estimate of drug-likeness (QED) is 0.722. The van der Waals surface area contributed by atoms with E-state index < -0.39 is 22.0 Å². The Morgan fingerprint density at radius 2 is 1.75 bits per heavy atom. The molecule has 1 heterocycles. The van der Waals surface area contributed by atoms with Crippen LogP contribution in [0.15, 0.2) is 54.9 Å². The van der Waals surface area contributed by atoms with Gasteiger partial charge < -0.3 is 5.11 Å². The number of aryl methyl sites for hydroxylation is 1. The van der Waals surface area contributed by atoms with Gasteiger partial charge in [0.05, 0.1) is 5.75 Å². The van der Waals surface area contributed by atoms with E-state index in [1.807, 2.05) is 12.1 Å². The number of nitrogens with zero attached hydrogens (tertiary/aromatic N) is 1. The van der Waals surface area contributed by atoms with E-state index in [1.165, 1.54) is 0 Å². The van der Waals surface area contributed by atoms with Crippen LogP contribution in [0.1, 0.15) is 24.0 Å². The highest BCUT2D eigenvalue weighted by Crippen LogP contribution is 2.09. The number of sulfonamides is 1. The van der Waals surface area contributed by atoms with E-state index in [9.17, 15) is 18.3 Å². The van der Waals surface area contributed by atoms with Crippen molar-refractivity contribution in [2.45, 2.75) is 31.1 Å². The first kappa shape index (κ1) is 18.1. The lowest BCUT2D eigenvalue weighted by atomic mass is 10.1. The number of hydrogen-bond donors (Lipinski definition) is 2. The summed E-state index contributed by atoms with van der Waals surface area (Å²) in [6.07, 6.45) is 4.81. The van der Waals surface area contributed by atoms with Gasteiger partial charge in [0.1, 0.15) is 6.04 Å². The van der Waals surface area contributed by atoms with E-state index >= 15 is 0 Å². The maximum Gasteiger partial charge on any atom is 0.321 e. The van der Waals surface area contributed by atoms with Crippen molar-refractivity contribution in [2.75, 3.05) is 0 Å². The molecule has 7 heteroatoms. The summed E-state index contributed by atoms with van der Waals surface area (Å²) in [5.74, 6) is -1.40. The molecule has 0 radical (unpaired) electrons. The lowest BCUT2D eigenvalue weighted by Crippen LogP contribution is -2.41. The van der Waals surface area contributed by atoms with Crippen molar-refractivity contribution in [1.82, 2.24) is 9.71 Å². The molecule has 0 bridgehead atoms. The van der Waals surface area contributed by atoms with Gasteiger partial charge in [-0.3, -0.25) is 9.78 Å². The Bertz CT molecular complexity index is 749. The van der Waals surface area contributed by atoms with E-state index in [4.69, 9.17) is 0 Å². The SMILES string of the molecule is O=C(O)C(CCCc1ccncc1)NS(=O)(=O)Cc1ccccc1. The molecule has 2 N–H and O–H groups in total. The zero-order valence-corrected chi connectivity index (χ0v) is 13.9. The third-order valence-corrected chi connectivity index (χ3v) is 4.88. The third-order valence-electron chi connectivity index (χ3n) is 3.53. The van der Waals surface area contributed by atoms with Gasteiger partial charge >= 0.3 is 5.97 Å². The molecular formula is C17H20N2O4S. The molecule has 0 amide bonds. The first-order chi connectivity index (χ1) is 11.5. The van der Waals surface area contributed by atoms with Gasteiger partial charge in [0.2, 0.25) is 10.0 Å². The van der Waals surface area contributed by atoms with Crippen LogP contribution < -0.4 is 4.72 Å². The Balaban J connectivity index is 1.91. The minimum atomic E-state index is -3.71. The van der Waals surface area contributed by atoms with Crippen molar-refractivity contribution in [3.63, 3.8) is 0 Å². The van der Waals surface area contributed by atoms with E-state index in [1.54, 1.807) is 42.7 Å². The van der Waals surface area contributed by atoms with Crippen LogP contribution in [0.5, 0.6) is 0 Å². The largest absolute Gasteiger partial charge is 0.480 e. The normalized spacial score (nSPS) is 12.7. The summed E-state index contributed by atoms with van der Waals surface area (Å²) in [7, 11) is -3.71. The van der Waals surface area contributed by atoms with Gasteiger partial charge in [-0.05, 0) is 42.5 Å². The van der Waals surface area contributed by atoms with Crippen molar-refractivity contribution < 1.29 is 18.3 Å². The zero-order chi connectivity index (χ0) is 17.4. The average Bonchev–Trinajstić information content (AvgIpc) is 2.55. The van der Waals surface area contributed by atoms with Crippen molar-refractivity contribution >= 4 is 16.0 Å². The van der Waals surface area contributed by atoms with Gasteiger partial charge in [-0.25, -0.2) is 13.1 Å². The molecular weight excluding hydrogens is 328 g/mol. The zero-order valence-electron chi connectivity index (χ0n) is 13.1. The molecule has 0 spiro atoms. The number of hydrogen-bond acceptors (Lipinski definition) is 4. The van der Waals surface area contributed by atoms with Gasteiger partial charge in [0.25, 0.3) is 0 Å². The number of benzene rings is 1. The van der Waals surface area contributed by atoms with Crippen LogP contribution >= 0.6 is 0 Å². The van der Waals surface area contributed by atoms with E-state index in [-0.39, 0.29) is 12.2 Å². The fourth-order valence-electron chi connectivity index (χ4n) is 2.34. The van der Waals surface area contributed by atoms with E-state index in [0.29, 0.717) is 18.4 Å². The summed E-state index contributed by atoms with van der Waals surface area (Å²) in [4.78, 5) is 15.3. The number of rotatable bonds is 9. The molecule has 1 aromatic heterocycles. The highest BCUT2D eigenvalue weighted by atomic mass is 32.2. The molecule has 0 aliphatic carbocycles. The topological polar surface area (TPSA) is 96.4 Å². The van der Waals surface area contributed by atoms with Crippen LogP contribution in [0.3, 0.4) is 0 Å². The Morgan fingerprint density at radius 1 is 1.08 bits per heavy atom. The molecule has 128 valence electrons. The van der Waals surface area contributed by atoms with Crippen LogP contribution in [0, 0.1) is 0 Å².